The van der Waals surface area contributed by atoms with Crippen LogP contribution in [0.1, 0.15) is 15.9 Å². The van der Waals surface area contributed by atoms with E-state index in [1.54, 1.807) is 6.92 Å². The van der Waals surface area contributed by atoms with Gasteiger partial charge in [0, 0.05) is 0 Å². The molecule has 86 valence electrons. The van der Waals surface area contributed by atoms with Gasteiger partial charge in [-0.3, -0.25) is 4.79 Å². The molecule has 6 heteroatoms. The fraction of sp³-hybridized carbons (Fsp3) is 0.200. The summed E-state index contributed by atoms with van der Waals surface area (Å²) in [7, 11) is 0. The largest absolute Gasteiger partial charge is 0.478 e. The zero-order valence-corrected chi connectivity index (χ0v) is 8.33. The normalized spacial score (nSPS) is 10.2. The van der Waals surface area contributed by atoms with Crippen molar-refractivity contribution in [3.63, 3.8) is 0 Å². The molecule has 0 unspecified atom stereocenters. The summed E-state index contributed by atoms with van der Waals surface area (Å²) in [4.78, 5) is 21.5. The van der Waals surface area contributed by atoms with Gasteiger partial charge < -0.3 is 10.4 Å². The topological polar surface area (TPSA) is 66.4 Å². The fourth-order valence-electron chi connectivity index (χ4n) is 1.13. The minimum Gasteiger partial charge on any atom is -0.478 e. The second-order valence-corrected chi connectivity index (χ2v) is 3.14. The van der Waals surface area contributed by atoms with Crippen molar-refractivity contribution in [2.24, 2.45) is 0 Å². The number of nitrogens with one attached hydrogen (secondary N) is 1. The van der Waals surface area contributed by atoms with E-state index in [1.165, 1.54) is 18.2 Å². The number of benzene rings is 1. The van der Waals surface area contributed by atoms with E-state index in [4.69, 9.17) is 5.11 Å². The number of anilines is 1. The molecule has 4 nitrogen and oxygen atoms in total. The number of hydrogen-bond acceptors (Lipinski definition) is 2. The van der Waals surface area contributed by atoms with Crippen molar-refractivity contribution in [2.45, 2.75) is 13.3 Å². The average molecular weight is 229 g/mol. The first kappa shape index (κ1) is 12.1. The molecule has 16 heavy (non-hydrogen) atoms. The van der Waals surface area contributed by atoms with E-state index in [1.807, 2.05) is 5.32 Å². The second-order valence-electron chi connectivity index (χ2n) is 3.14. The molecule has 0 saturated heterocycles. The predicted octanol–water partition coefficient (Wildman–Crippen LogP) is 1.90. The molecular formula is C10H9F2NO3. The molecule has 1 amide bonds. The van der Waals surface area contributed by atoms with Gasteiger partial charge in [0.2, 0.25) is 0 Å². The number of alkyl halides is 2. The minimum atomic E-state index is -3.18. The Kier molecular flexibility index (Phi) is 3.55. The summed E-state index contributed by atoms with van der Waals surface area (Å²) in [6.45, 7) is 1.66. The number of amides is 1. The number of aromatic carboxylic acids is 1. The Bertz CT molecular complexity index is 432. The smallest absolute Gasteiger partial charge is 0.337 e. The lowest BCUT2D eigenvalue weighted by Gasteiger charge is -2.08. The first-order valence-corrected chi connectivity index (χ1v) is 4.34. The molecule has 1 aromatic rings. The maximum Gasteiger partial charge on any atom is 0.337 e. The Morgan fingerprint density at radius 2 is 2.00 bits per heavy atom. The van der Waals surface area contributed by atoms with Gasteiger partial charge in [-0.2, -0.15) is 8.78 Å². The van der Waals surface area contributed by atoms with Crippen molar-refractivity contribution >= 4 is 17.6 Å². The van der Waals surface area contributed by atoms with E-state index >= 15 is 0 Å². The molecule has 0 radical (unpaired) electrons. The summed E-state index contributed by atoms with van der Waals surface area (Å²) in [6.07, 6.45) is -3.18. The minimum absolute atomic E-state index is 0.136. The maximum atomic E-state index is 12.0. The Balaban J connectivity index is 3.04. The van der Waals surface area contributed by atoms with Crippen LogP contribution in [0.5, 0.6) is 0 Å². The van der Waals surface area contributed by atoms with Crippen LogP contribution in [0.2, 0.25) is 0 Å². The maximum absolute atomic E-state index is 12.0. The highest BCUT2D eigenvalue weighted by Gasteiger charge is 2.18. The number of rotatable bonds is 3. The molecule has 0 heterocycles. The average Bonchev–Trinajstić information content (AvgIpc) is 2.20. The third-order valence-corrected chi connectivity index (χ3v) is 1.86. The van der Waals surface area contributed by atoms with Crippen molar-refractivity contribution < 1.29 is 23.5 Å². The number of carbonyl (C=O) groups is 2. The van der Waals surface area contributed by atoms with Crippen molar-refractivity contribution in [3.05, 3.63) is 29.3 Å². The van der Waals surface area contributed by atoms with Crippen molar-refractivity contribution in [1.82, 2.24) is 0 Å². The molecule has 0 saturated carbocycles. The molecule has 0 atom stereocenters. The summed E-state index contributed by atoms with van der Waals surface area (Å²) in [5, 5.41) is 10.7. The van der Waals surface area contributed by atoms with Crippen LogP contribution < -0.4 is 5.32 Å². The Morgan fingerprint density at radius 1 is 1.38 bits per heavy atom. The summed E-state index contributed by atoms with van der Waals surface area (Å²) >= 11 is 0. The molecule has 0 aliphatic heterocycles. The lowest BCUT2D eigenvalue weighted by molar-refractivity contribution is -0.126. The van der Waals surface area contributed by atoms with E-state index in [9.17, 15) is 18.4 Å². The van der Waals surface area contributed by atoms with Crippen LogP contribution in [-0.2, 0) is 4.79 Å². The lowest BCUT2D eigenvalue weighted by Crippen LogP contribution is -2.21. The van der Waals surface area contributed by atoms with E-state index in [0.717, 1.165) is 0 Å². The van der Waals surface area contributed by atoms with Gasteiger partial charge in [-0.15, -0.1) is 0 Å². The van der Waals surface area contributed by atoms with Crippen LogP contribution in [0.3, 0.4) is 0 Å². The van der Waals surface area contributed by atoms with Gasteiger partial charge in [-0.05, 0) is 19.1 Å². The molecule has 0 bridgehead atoms. The Labute approximate surface area is 89.9 Å². The number of carboxylic acid groups (broad SMARTS) is 1. The molecule has 1 aromatic carbocycles. The first-order chi connectivity index (χ1) is 7.41. The predicted molar refractivity (Wildman–Crippen MR) is 52.8 cm³/mol. The van der Waals surface area contributed by atoms with Gasteiger partial charge in [-0.25, -0.2) is 4.79 Å². The summed E-state index contributed by atoms with van der Waals surface area (Å²) < 4.78 is 23.9. The molecule has 0 aliphatic carbocycles. The van der Waals surface area contributed by atoms with Gasteiger partial charge in [0.25, 0.3) is 5.91 Å². The standard InChI is InChI=1S/C10H9F2NO3/c1-5-2-3-7(6(4-5)10(15)16)13-9(14)8(11)12/h2-4,8H,1H3,(H,13,14)(H,15,16). The van der Waals surface area contributed by atoms with E-state index in [2.05, 4.69) is 0 Å². The third-order valence-electron chi connectivity index (χ3n) is 1.86. The Morgan fingerprint density at radius 3 is 2.50 bits per heavy atom. The van der Waals surface area contributed by atoms with Crippen molar-refractivity contribution in [1.29, 1.82) is 0 Å². The highest BCUT2D eigenvalue weighted by atomic mass is 19.3. The van der Waals surface area contributed by atoms with Crippen LogP contribution in [0.25, 0.3) is 0 Å². The third kappa shape index (κ3) is 2.75. The van der Waals surface area contributed by atoms with E-state index in [-0.39, 0.29) is 11.3 Å². The quantitative estimate of drug-likeness (QED) is 0.831. The molecule has 0 aromatic heterocycles. The van der Waals surface area contributed by atoms with Crippen molar-refractivity contribution in [2.75, 3.05) is 5.32 Å². The number of carbonyl (C=O) groups excluding carboxylic acids is 1. The fourth-order valence-corrected chi connectivity index (χ4v) is 1.13. The molecule has 0 fully saturated rings. The van der Waals surface area contributed by atoms with Gasteiger partial charge in [-0.1, -0.05) is 11.6 Å². The first-order valence-electron chi connectivity index (χ1n) is 4.34. The van der Waals surface area contributed by atoms with Crippen LogP contribution >= 0.6 is 0 Å². The highest BCUT2D eigenvalue weighted by molar-refractivity contribution is 6.01. The van der Waals surface area contributed by atoms with Crippen LogP contribution in [-0.4, -0.2) is 23.4 Å². The summed E-state index contributed by atoms with van der Waals surface area (Å²) in [5.74, 6) is -2.81. The number of halogens is 2. The molecule has 0 spiro atoms. The number of carboxylic acids is 1. The lowest BCUT2D eigenvalue weighted by atomic mass is 10.1. The Hall–Kier alpha value is -1.98. The number of aryl methyl sites for hydroxylation is 1. The van der Waals surface area contributed by atoms with E-state index < -0.39 is 18.3 Å². The van der Waals surface area contributed by atoms with Crippen LogP contribution in [0, 0.1) is 6.92 Å². The summed E-state index contributed by atoms with van der Waals surface area (Å²) in [5.41, 5.74) is 0.310. The van der Waals surface area contributed by atoms with E-state index in [0.29, 0.717) is 5.56 Å². The van der Waals surface area contributed by atoms with Gasteiger partial charge in [0.1, 0.15) is 0 Å². The molecule has 2 N–H and O–H groups in total. The van der Waals surface area contributed by atoms with Crippen LogP contribution in [0.4, 0.5) is 14.5 Å². The highest BCUT2D eigenvalue weighted by Crippen LogP contribution is 2.18. The molecular weight excluding hydrogens is 220 g/mol. The number of hydrogen-bond donors (Lipinski definition) is 2. The monoisotopic (exact) mass is 229 g/mol. The molecule has 1 rings (SSSR count). The SMILES string of the molecule is Cc1ccc(NC(=O)C(F)F)c(C(=O)O)c1. The zero-order valence-electron chi connectivity index (χ0n) is 8.33. The summed E-state index contributed by atoms with van der Waals surface area (Å²) in [6, 6.07) is 4.09. The van der Waals surface area contributed by atoms with Crippen LogP contribution in [0.15, 0.2) is 18.2 Å². The van der Waals surface area contributed by atoms with Gasteiger partial charge >= 0.3 is 12.4 Å². The second kappa shape index (κ2) is 4.69. The van der Waals surface area contributed by atoms with Crippen molar-refractivity contribution in [3.8, 4) is 0 Å². The molecule has 0 aliphatic rings. The zero-order chi connectivity index (χ0) is 12.3. The van der Waals surface area contributed by atoms with Gasteiger partial charge in [0.15, 0.2) is 0 Å². The van der Waals surface area contributed by atoms with Gasteiger partial charge in [0.05, 0.1) is 11.3 Å².